The number of benzene rings is 2. The molecule has 1 N–H and O–H groups in total. The minimum atomic E-state index is 0.600. The Morgan fingerprint density at radius 3 is 2.63 bits per heavy atom. The van der Waals surface area contributed by atoms with E-state index in [4.69, 9.17) is 27.9 Å². The number of methoxy groups -OCH3 is 1. The molecular weight excluding hydrogens is 349 g/mol. The Labute approximate surface area is 130 Å². The van der Waals surface area contributed by atoms with Gasteiger partial charge in [0, 0.05) is 21.1 Å². The zero-order chi connectivity index (χ0) is 13.8. The van der Waals surface area contributed by atoms with E-state index < -0.39 is 0 Å². The number of nitrogens with one attached hydrogen (secondary N) is 1. The standard InChI is InChI=1S/C14H12BrCl2NO/c1-19-14-5-3-10(15)6-13(14)18-8-9-2-4-11(16)7-12(9)17/h2-7,18H,8H2,1H3. The second-order valence-corrected chi connectivity index (χ2v) is 5.69. The van der Waals surface area contributed by atoms with Crippen molar-refractivity contribution in [2.75, 3.05) is 12.4 Å². The summed E-state index contributed by atoms with van der Waals surface area (Å²) >= 11 is 15.4. The van der Waals surface area contributed by atoms with Crippen LogP contribution in [0.15, 0.2) is 40.9 Å². The van der Waals surface area contributed by atoms with Gasteiger partial charge in [0.05, 0.1) is 12.8 Å². The minimum absolute atomic E-state index is 0.600. The summed E-state index contributed by atoms with van der Waals surface area (Å²) in [5.74, 6) is 0.785. The van der Waals surface area contributed by atoms with Crippen molar-refractivity contribution in [1.29, 1.82) is 0 Å². The maximum atomic E-state index is 6.14. The molecule has 0 aromatic heterocycles. The molecule has 0 saturated heterocycles. The first-order valence-electron chi connectivity index (χ1n) is 5.61. The van der Waals surface area contributed by atoms with Gasteiger partial charge < -0.3 is 10.1 Å². The van der Waals surface area contributed by atoms with Gasteiger partial charge >= 0.3 is 0 Å². The van der Waals surface area contributed by atoms with Crippen molar-refractivity contribution in [3.8, 4) is 5.75 Å². The maximum Gasteiger partial charge on any atom is 0.142 e. The lowest BCUT2D eigenvalue weighted by Crippen LogP contribution is -2.02. The zero-order valence-corrected chi connectivity index (χ0v) is 13.3. The molecule has 0 aliphatic heterocycles. The van der Waals surface area contributed by atoms with Gasteiger partial charge in [0.25, 0.3) is 0 Å². The molecule has 0 radical (unpaired) electrons. The van der Waals surface area contributed by atoms with E-state index in [0.717, 1.165) is 21.5 Å². The molecular formula is C14H12BrCl2NO. The molecule has 0 atom stereocenters. The van der Waals surface area contributed by atoms with E-state index in [1.807, 2.05) is 30.3 Å². The van der Waals surface area contributed by atoms with E-state index in [-0.39, 0.29) is 0 Å². The molecule has 0 saturated carbocycles. The molecule has 0 aliphatic carbocycles. The fourth-order valence-corrected chi connectivity index (χ4v) is 2.51. The van der Waals surface area contributed by atoms with Crippen LogP contribution in [0.3, 0.4) is 0 Å². The fraction of sp³-hybridized carbons (Fsp3) is 0.143. The van der Waals surface area contributed by atoms with Gasteiger partial charge in [-0.05, 0) is 35.9 Å². The van der Waals surface area contributed by atoms with Crippen LogP contribution in [0.25, 0.3) is 0 Å². The van der Waals surface area contributed by atoms with Crippen molar-refractivity contribution in [3.63, 3.8) is 0 Å². The molecule has 100 valence electrons. The van der Waals surface area contributed by atoms with Crippen LogP contribution in [0.5, 0.6) is 5.75 Å². The fourth-order valence-electron chi connectivity index (χ4n) is 1.67. The van der Waals surface area contributed by atoms with Crippen molar-refractivity contribution in [2.24, 2.45) is 0 Å². The number of hydrogen-bond donors (Lipinski definition) is 1. The topological polar surface area (TPSA) is 21.3 Å². The molecule has 0 amide bonds. The van der Waals surface area contributed by atoms with Crippen molar-refractivity contribution >= 4 is 44.8 Å². The molecule has 2 aromatic rings. The van der Waals surface area contributed by atoms with E-state index in [0.29, 0.717) is 16.6 Å². The molecule has 0 bridgehead atoms. The van der Waals surface area contributed by atoms with Crippen LogP contribution in [0.2, 0.25) is 10.0 Å². The van der Waals surface area contributed by atoms with Crippen LogP contribution in [0.4, 0.5) is 5.69 Å². The molecule has 5 heteroatoms. The Morgan fingerprint density at radius 2 is 1.95 bits per heavy atom. The first-order chi connectivity index (χ1) is 9.10. The van der Waals surface area contributed by atoms with Gasteiger partial charge in [0.2, 0.25) is 0 Å². The monoisotopic (exact) mass is 359 g/mol. The van der Waals surface area contributed by atoms with Gasteiger partial charge in [-0.15, -0.1) is 0 Å². The summed E-state index contributed by atoms with van der Waals surface area (Å²) in [7, 11) is 1.64. The summed E-state index contributed by atoms with van der Waals surface area (Å²) in [6.45, 7) is 0.600. The molecule has 2 rings (SSSR count). The summed E-state index contributed by atoms with van der Waals surface area (Å²) in [6, 6.07) is 11.3. The van der Waals surface area contributed by atoms with Crippen LogP contribution in [0, 0.1) is 0 Å². The van der Waals surface area contributed by atoms with Crippen molar-refractivity contribution < 1.29 is 4.74 Å². The molecule has 19 heavy (non-hydrogen) atoms. The number of halogens is 3. The lowest BCUT2D eigenvalue weighted by Gasteiger charge is -2.12. The first kappa shape index (κ1) is 14.5. The van der Waals surface area contributed by atoms with Crippen LogP contribution in [0.1, 0.15) is 5.56 Å². The molecule has 0 heterocycles. The van der Waals surface area contributed by atoms with Crippen LogP contribution in [-0.2, 0) is 6.54 Å². The highest BCUT2D eigenvalue weighted by Gasteiger charge is 2.05. The van der Waals surface area contributed by atoms with E-state index in [1.54, 1.807) is 13.2 Å². The zero-order valence-electron chi connectivity index (χ0n) is 10.2. The Kier molecular flexibility index (Phi) is 4.97. The average Bonchev–Trinajstić information content (AvgIpc) is 2.38. The Balaban J connectivity index is 2.16. The lowest BCUT2D eigenvalue weighted by atomic mass is 10.2. The molecule has 2 aromatic carbocycles. The van der Waals surface area contributed by atoms with Crippen molar-refractivity contribution in [2.45, 2.75) is 6.54 Å². The lowest BCUT2D eigenvalue weighted by molar-refractivity contribution is 0.416. The van der Waals surface area contributed by atoms with Gasteiger partial charge in [-0.1, -0.05) is 45.2 Å². The summed E-state index contributed by atoms with van der Waals surface area (Å²) in [5.41, 5.74) is 1.89. The van der Waals surface area contributed by atoms with Crippen molar-refractivity contribution in [3.05, 3.63) is 56.5 Å². The summed E-state index contributed by atoms with van der Waals surface area (Å²) < 4.78 is 6.28. The maximum absolute atomic E-state index is 6.14. The second kappa shape index (κ2) is 6.51. The van der Waals surface area contributed by atoms with Gasteiger partial charge in [-0.3, -0.25) is 0 Å². The minimum Gasteiger partial charge on any atom is -0.495 e. The number of rotatable bonds is 4. The molecule has 2 nitrogen and oxygen atoms in total. The van der Waals surface area contributed by atoms with E-state index in [9.17, 15) is 0 Å². The third-order valence-corrected chi connectivity index (χ3v) is 3.73. The van der Waals surface area contributed by atoms with Gasteiger partial charge in [-0.2, -0.15) is 0 Å². The Hall–Kier alpha value is -0.900. The van der Waals surface area contributed by atoms with Crippen molar-refractivity contribution in [1.82, 2.24) is 0 Å². The SMILES string of the molecule is COc1ccc(Br)cc1NCc1ccc(Cl)cc1Cl. The molecule has 0 fully saturated rings. The summed E-state index contributed by atoms with van der Waals surface area (Å²) in [6.07, 6.45) is 0. The first-order valence-corrected chi connectivity index (χ1v) is 7.16. The van der Waals surface area contributed by atoms with Crippen LogP contribution < -0.4 is 10.1 Å². The van der Waals surface area contributed by atoms with E-state index >= 15 is 0 Å². The molecule has 0 unspecified atom stereocenters. The predicted octanol–water partition coefficient (Wildman–Crippen LogP) is 5.38. The van der Waals surface area contributed by atoms with Crippen LogP contribution in [-0.4, -0.2) is 7.11 Å². The molecule has 0 spiro atoms. The number of anilines is 1. The number of ether oxygens (including phenoxy) is 1. The van der Waals surface area contributed by atoms with Gasteiger partial charge in [-0.25, -0.2) is 0 Å². The highest BCUT2D eigenvalue weighted by Crippen LogP contribution is 2.29. The summed E-state index contributed by atoms with van der Waals surface area (Å²) in [4.78, 5) is 0. The quantitative estimate of drug-likeness (QED) is 0.790. The third-order valence-electron chi connectivity index (χ3n) is 2.65. The predicted molar refractivity (Wildman–Crippen MR) is 84.5 cm³/mol. The third kappa shape index (κ3) is 3.78. The Bertz CT molecular complexity index is 590. The Morgan fingerprint density at radius 1 is 1.16 bits per heavy atom. The van der Waals surface area contributed by atoms with E-state index in [1.165, 1.54) is 0 Å². The largest absolute Gasteiger partial charge is 0.495 e. The second-order valence-electron chi connectivity index (χ2n) is 3.93. The average molecular weight is 361 g/mol. The van der Waals surface area contributed by atoms with Gasteiger partial charge in [0.1, 0.15) is 5.75 Å². The smallest absolute Gasteiger partial charge is 0.142 e. The van der Waals surface area contributed by atoms with Gasteiger partial charge in [0.15, 0.2) is 0 Å². The highest BCUT2D eigenvalue weighted by molar-refractivity contribution is 9.10. The highest BCUT2D eigenvalue weighted by atomic mass is 79.9. The summed E-state index contributed by atoms with van der Waals surface area (Å²) in [5, 5.41) is 4.58. The molecule has 0 aliphatic rings. The van der Waals surface area contributed by atoms with E-state index in [2.05, 4.69) is 21.2 Å². The number of hydrogen-bond acceptors (Lipinski definition) is 2. The normalized spacial score (nSPS) is 10.3. The van der Waals surface area contributed by atoms with Crippen LogP contribution >= 0.6 is 39.1 Å².